The van der Waals surface area contributed by atoms with E-state index in [0.29, 0.717) is 20.5 Å². The van der Waals surface area contributed by atoms with Crippen molar-refractivity contribution in [3.63, 3.8) is 0 Å². The van der Waals surface area contributed by atoms with Crippen LogP contribution < -0.4 is 0 Å². The summed E-state index contributed by atoms with van der Waals surface area (Å²) in [5.74, 6) is -0.333. The Morgan fingerprint density at radius 2 is 1.61 bits per heavy atom. The standard InChI is InChI=1S/C17H11Cl2NO2S/c18-13-7-4-8-14(19)12(13)9-15-16(21)20(17(22)23-15)10-11-5-2-1-3-6-11/h1-9H,10H2/b15-9-. The number of benzene rings is 2. The van der Waals surface area contributed by atoms with Crippen molar-refractivity contribution < 1.29 is 9.59 Å². The first-order valence-corrected chi connectivity index (χ1v) is 8.37. The van der Waals surface area contributed by atoms with E-state index in [1.165, 1.54) is 4.90 Å². The van der Waals surface area contributed by atoms with E-state index in [1.54, 1.807) is 24.3 Å². The Bertz CT molecular complexity index is 785. The zero-order valence-corrected chi connectivity index (χ0v) is 14.2. The van der Waals surface area contributed by atoms with Crippen LogP contribution >= 0.6 is 35.0 Å². The van der Waals surface area contributed by atoms with Crippen LogP contribution in [-0.2, 0) is 11.3 Å². The fourth-order valence-electron chi connectivity index (χ4n) is 2.18. The molecule has 3 rings (SSSR count). The Balaban J connectivity index is 1.88. The Hall–Kier alpha value is -1.75. The van der Waals surface area contributed by atoms with Gasteiger partial charge in [0.15, 0.2) is 0 Å². The van der Waals surface area contributed by atoms with E-state index in [4.69, 9.17) is 23.2 Å². The van der Waals surface area contributed by atoms with Crippen molar-refractivity contribution in [3.8, 4) is 0 Å². The molecule has 0 atom stereocenters. The number of thioether (sulfide) groups is 1. The lowest BCUT2D eigenvalue weighted by Gasteiger charge is -2.12. The van der Waals surface area contributed by atoms with E-state index >= 15 is 0 Å². The molecule has 2 amide bonds. The molecule has 1 saturated heterocycles. The topological polar surface area (TPSA) is 37.4 Å². The highest BCUT2D eigenvalue weighted by atomic mass is 35.5. The lowest BCUT2D eigenvalue weighted by molar-refractivity contribution is -0.123. The summed E-state index contributed by atoms with van der Waals surface area (Å²) >= 11 is 13.1. The highest BCUT2D eigenvalue weighted by Gasteiger charge is 2.35. The van der Waals surface area contributed by atoms with Gasteiger partial charge in [-0.3, -0.25) is 14.5 Å². The van der Waals surface area contributed by atoms with Crippen LogP contribution in [0.25, 0.3) is 6.08 Å². The number of rotatable bonds is 3. The van der Waals surface area contributed by atoms with Gasteiger partial charge in [0.05, 0.1) is 11.4 Å². The normalized spacial score (nSPS) is 16.4. The zero-order chi connectivity index (χ0) is 16.4. The maximum Gasteiger partial charge on any atom is 0.293 e. The second-order valence-corrected chi connectivity index (χ2v) is 6.70. The lowest BCUT2D eigenvalue weighted by Crippen LogP contribution is -2.27. The summed E-state index contributed by atoms with van der Waals surface area (Å²) in [6.45, 7) is 0.249. The Morgan fingerprint density at radius 1 is 0.957 bits per heavy atom. The molecule has 2 aromatic rings. The van der Waals surface area contributed by atoms with Gasteiger partial charge in [0.1, 0.15) is 0 Å². The maximum absolute atomic E-state index is 12.5. The summed E-state index contributed by atoms with van der Waals surface area (Å²) in [6, 6.07) is 14.5. The van der Waals surface area contributed by atoms with Crippen molar-refractivity contribution >= 4 is 52.2 Å². The van der Waals surface area contributed by atoms with E-state index in [9.17, 15) is 9.59 Å². The third kappa shape index (κ3) is 3.44. The van der Waals surface area contributed by atoms with Gasteiger partial charge in [-0.05, 0) is 35.5 Å². The molecule has 0 aromatic heterocycles. The van der Waals surface area contributed by atoms with E-state index in [-0.39, 0.29) is 17.7 Å². The van der Waals surface area contributed by atoms with Gasteiger partial charge in [0.25, 0.3) is 11.1 Å². The Labute approximate surface area is 147 Å². The molecule has 0 unspecified atom stereocenters. The number of halogens is 2. The molecule has 0 spiro atoms. The summed E-state index contributed by atoms with van der Waals surface area (Å²) in [7, 11) is 0. The third-order valence-corrected chi connectivity index (χ3v) is 4.90. The number of hydrogen-bond acceptors (Lipinski definition) is 3. The van der Waals surface area contributed by atoms with Crippen molar-refractivity contribution in [2.75, 3.05) is 0 Å². The fourth-order valence-corrected chi connectivity index (χ4v) is 3.51. The van der Waals surface area contributed by atoms with Crippen molar-refractivity contribution in [3.05, 3.63) is 74.6 Å². The first-order valence-electron chi connectivity index (χ1n) is 6.79. The van der Waals surface area contributed by atoms with Crippen LogP contribution in [0.15, 0.2) is 53.4 Å². The third-order valence-electron chi connectivity index (χ3n) is 3.33. The SMILES string of the molecule is O=C1S/C(=C\c2c(Cl)cccc2Cl)C(=O)N1Cc1ccccc1. The van der Waals surface area contributed by atoms with Gasteiger partial charge in [-0.25, -0.2) is 0 Å². The molecule has 0 bridgehead atoms. The Kier molecular flexibility index (Phi) is 4.76. The van der Waals surface area contributed by atoms with Crippen LogP contribution in [0, 0.1) is 0 Å². The number of amides is 2. The summed E-state index contributed by atoms with van der Waals surface area (Å²) in [4.78, 5) is 26.1. The summed E-state index contributed by atoms with van der Waals surface area (Å²) in [5.41, 5.74) is 1.44. The largest absolute Gasteiger partial charge is 0.293 e. The molecule has 2 aromatic carbocycles. The number of hydrogen-bond donors (Lipinski definition) is 0. The smallest absolute Gasteiger partial charge is 0.268 e. The molecule has 23 heavy (non-hydrogen) atoms. The van der Waals surface area contributed by atoms with E-state index in [2.05, 4.69) is 0 Å². The van der Waals surface area contributed by atoms with E-state index in [1.807, 2.05) is 30.3 Å². The minimum absolute atomic E-state index is 0.249. The molecular weight excluding hydrogens is 353 g/mol. The van der Waals surface area contributed by atoms with Crippen molar-refractivity contribution in [1.29, 1.82) is 0 Å². The quantitative estimate of drug-likeness (QED) is 0.700. The van der Waals surface area contributed by atoms with Crippen LogP contribution in [0.4, 0.5) is 4.79 Å². The molecule has 0 saturated carbocycles. The molecule has 0 radical (unpaired) electrons. The molecule has 1 aliphatic heterocycles. The van der Waals surface area contributed by atoms with Gasteiger partial charge in [-0.15, -0.1) is 0 Å². The lowest BCUT2D eigenvalue weighted by atomic mass is 10.2. The molecule has 1 fully saturated rings. The van der Waals surface area contributed by atoms with Gasteiger partial charge in [0.2, 0.25) is 0 Å². The molecule has 1 heterocycles. The van der Waals surface area contributed by atoms with Gasteiger partial charge in [-0.1, -0.05) is 59.6 Å². The zero-order valence-electron chi connectivity index (χ0n) is 11.8. The molecule has 3 nitrogen and oxygen atoms in total. The van der Waals surface area contributed by atoms with Crippen LogP contribution in [0.2, 0.25) is 10.0 Å². The number of imide groups is 1. The maximum atomic E-state index is 12.5. The van der Waals surface area contributed by atoms with E-state index < -0.39 is 0 Å². The van der Waals surface area contributed by atoms with Gasteiger partial charge in [0, 0.05) is 15.6 Å². The second kappa shape index (κ2) is 6.79. The monoisotopic (exact) mass is 363 g/mol. The van der Waals surface area contributed by atoms with Crippen molar-refractivity contribution in [2.24, 2.45) is 0 Å². The molecule has 0 N–H and O–H groups in total. The molecule has 116 valence electrons. The minimum Gasteiger partial charge on any atom is -0.268 e. The fraction of sp³-hybridized carbons (Fsp3) is 0.0588. The molecule has 0 aliphatic carbocycles. The highest BCUT2D eigenvalue weighted by Crippen LogP contribution is 2.36. The van der Waals surface area contributed by atoms with Crippen LogP contribution in [-0.4, -0.2) is 16.0 Å². The van der Waals surface area contributed by atoms with Crippen LogP contribution in [0.3, 0.4) is 0 Å². The van der Waals surface area contributed by atoms with Gasteiger partial charge < -0.3 is 0 Å². The van der Waals surface area contributed by atoms with Gasteiger partial charge >= 0.3 is 0 Å². The summed E-state index contributed by atoms with van der Waals surface area (Å²) in [6.07, 6.45) is 1.57. The van der Waals surface area contributed by atoms with Crippen LogP contribution in [0.5, 0.6) is 0 Å². The summed E-state index contributed by atoms with van der Waals surface area (Å²) in [5, 5.41) is 0.577. The first-order chi connectivity index (χ1) is 11.1. The average Bonchev–Trinajstić information content (AvgIpc) is 2.80. The second-order valence-electron chi connectivity index (χ2n) is 4.89. The summed E-state index contributed by atoms with van der Waals surface area (Å²) < 4.78 is 0. The number of carbonyl (C=O) groups is 2. The average molecular weight is 364 g/mol. The van der Waals surface area contributed by atoms with Gasteiger partial charge in [-0.2, -0.15) is 0 Å². The number of carbonyl (C=O) groups excluding carboxylic acids is 2. The van der Waals surface area contributed by atoms with Crippen molar-refractivity contribution in [1.82, 2.24) is 4.90 Å². The Morgan fingerprint density at radius 3 is 2.26 bits per heavy atom. The van der Waals surface area contributed by atoms with E-state index in [0.717, 1.165) is 17.3 Å². The first kappa shape index (κ1) is 16.1. The van der Waals surface area contributed by atoms with Crippen LogP contribution in [0.1, 0.15) is 11.1 Å². The number of nitrogens with zero attached hydrogens (tertiary/aromatic N) is 1. The molecule has 1 aliphatic rings. The minimum atomic E-state index is -0.333. The molecule has 6 heteroatoms. The van der Waals surface area contributed by atoms with Crippen molar-refractivity contribution in [2.45, 2.75) is 6.54 Å². The predicted octanol–water partition coefficient (Wildman–Crippen LogP) is 5.23. The predicted molar refractivity (Wildman–Crippen MR) is 94.4 cm³/mol. The highest BCUT2D eigenvalue weighted by molar-refractivity contribution is 8.18. The molecular formula is C17H11Cl2NO2S.